The van der Waals surface area contributed by atoms with Crippen molar-refractivity contribution in [2.45, 2.75) is 0 Å². The van der Waals surface area contributed by atoms with E-state index in [0.717, 1.165) is 0 Å². The minimum absolute atomic E-state index is 0.0209. The summed E-state index contributed by atoms with van der Waals surface area (Å²) in [5, 5.41) is 3.68. The zero-order valence-electron chi connectivity index (χ0n) is 34.5. The van der Waals surface area contributed by atoms with Gasteiger partial charge in [0.2, 0.25) is 0 Å². The molecule has 0 spiro atoms. The highest BCUT2D eigenvalue weighted by Gasteiger charge is 2.20. The van der Waals surface area contributed by atoms with E-state index in [1.807, 2.05) is 78.9 Å². The standard InChI is InChI=1S/C42H26O/c1-2-13-28(14-3-1)37-25-29(26-39-42(37)36-22-10-11-24-38(36)43-39)40-32-18-6-8-20-34(32)41(35-21-9-7-19-33(35)40)31-23-12-16-27-15-4-5-17-30(27)31/h1-26H/i1D,2D,3D,4D,5D,12D,13D,14D,15D,16D,17D,23D. The first-order valence-electron chi connectivity index (χ1n) is 19.8. The molecular formula is C42H26O. The van der Waals surface area contributed by atoms with Gasteiger partial charge in [-0.15, -0.1) is 0 Å². The molecule has 0 saturated heterocycles. The van der Waals surface area contributed by atoms with E-state index in [1.165, 1.54) is 0 Å². The second kappa shape index (κ2) is 9.44. The van der Waals surface area contributed by atoms with Crippen LogP contribution in [0.3, 0.4) is 0 Å². The maximum absolute atomic E-state index is 9.22. The number of para-hydroxylation sites is 1. The Hall–Kier alpha value is -5.66. The summed E-state index contributed by atoms with van der Waals surface area (Å²) in [4.78, 5) is 0. The Balaban J connectivity index is 1.48. The van der Waals surface area contributed by atoms with Gasteiger partial charge in [-0.1, -0.05) is 139 Å². The van der Waals surface area contributed by atoms with Crippen LogP contribution in [0.1, 0.15) is 16.4 Å². The Morgan fingerprint density at radius 2 is 1.02 bits per heavy atom. The van der Waals surface area contributed by atoms with Gasteiger partial charge < -0.3 is 4.42 Å². The zero-order valence-corrected chi connectivity index (χ0v) is 22.5. The fourth-order valence-corrected chi connectivity index (χ4v) is 6.29. The van der Waals surface area contributed by atoms with Gasteiger partial charge in [-0.3, -0.25) is 0 Å². The predicted molar refractivity (Wildman–Crippen MR) is 183 cm³/mol. The highest BCUT2D eigenvalue weighted by molar-refractivity contribution is 6.24. The van der Waals surface area contributed by atoms with Gasteiger partial charge in [0.15, 0.2) is 0 Å². The molecule has 1 heteroatoms. The zero-order chi connectivity index (χ0) is 38.8. The molecule has 1 aromatic heterocycles. The molecule has 9 aromatic rings. The van der Waals surface area contributed by atoms with Crippen molar-refractivity contribution >= 4 is 54.3 Å². The number of fused-ring (bicyclic) bond motifs is 6. The van der Waals surface area contributed by atoms with E-state index in [4.69, 9.17) is 19.5 Å². The fourth-order valence-electron chi connectivity index (χ4n) is 6.29. The Bertz CT molecular complexity index is 3090. The van der Waals surface area contributed by atoms with Crippen LogP contribution in [0.15, 0.2) is 162 Å². The van der Waals surface area contributed by atoms with Crippen molar-refractivity contribution in [3.05, 3.63) is 157 Å². The van der Waals surface area contributed by atoms with Crippen LogP contribution in [-0.2, 0) is 0 Å². The summed E-state index contributed by atoms with van der Waals surface area (Å²) in [7, 11) is 0. The molecule has 43 heavy (non-hydrogen) atoms. The molecule has 0 N–H and O–H groups in total. The van der Waals surface area contributed by atoms with Crippen molar-refractivity contribution in [3.8, 4) is 33.4 Å². The quantitative estimate of drug-likeness (QED) is 0.197. The van der Waals surface area contributed by atoms with Crippen molar-refractivity contribution < 1.29 is 20.9 Å². The summed E-state index contributed by atoms with van der Waals surface area (Å²) >= 11 is 0. The van der Waals surface area contributed by atoms with Gasteiger partial charge >= 0.3 is 0 Å². The lowest BCUT2D eigenvalue weighted by atomic mass is 9.84. The molecule has 9 rings (SSSR count). The fraction of sp³-hybridized carbons (Fsp3) is 0. The number of hydrogen-bond donors (Lipinski definition) is 0. The van der Waals surface area contributed by atoms with E-state index in [0.29, 0.717) is 65.7 Å². The van der Waals surface area contributed by atoms with E-state index in [9.17, 15) is 1.37 Å². The van der Waals surface area contributed by atoms with Gasteiger partial charge in [-0.2, -0.15) is 0 Å². The van der Waals surface area contributed by atoms with Gasteiger partial charge in [0.05, 0.1) is 16.4 Å². The van der Waals surface area contributed by atoms with Crippen LogP contribution in [0.4, 0.5) is 0 Å². The van der Waals surface area contributed by atoms with Crippen LogP contribution in [0.5, 0.6) is 0 Å². The maximum Gasteiger partial charge on any atom is 0.136 e. The van der Waals surface area contributed by atoms with Crippen LogP contribution in [-0.4, -0.2) is 0 Å². The average Bonchev–Trinajstić information content (AvgIpc) is 3.57. The van der Waals surface area contributed by atoms with Crippen LogP contribution < -0.4 is 0 Å². The largest absolute Gasteiger partial charge is 0.456 e. The first-order valence-corrected chi connectivity index (χ1v) is 13.8. The Labute approximate surface area is 266 Å². The molecule has 0 unspecified atom stereocenters. The Kier molecular flexibility index (Phi) is 3.29. The molecule has 200 valence electrons. The van der Waals surface area contributed by atoms with E-state index in [-0.39, 0.29) is 40.0 Å². The van der Waals surface area contributed by atoms with Crippen molar-refractivity contribution in [2.24, 2.45) is 0 Å². The lowest BCUT2D eigenvalue weighted by Gasteiger charge is -2.19. The number of rotatable bonds is 3. The molecule has 0 radical (unpaired) electrons. The van der Waals surface area contributed by atoms with E-state index >= 15 is 0 Å². The molecule has 0 aliphatic rings. The molecule has 0 aliphatic carbocycles. The summed E-state index contributed by atoms with van der Waals surface area (Å²) in [6.45, 7) is 0. The first-order chi connectivity index (χ1) is 26.3. The smallest absolute Gasteiger partial charge is 0.136 e. The first kappa shape index (κ1) is 15.0. The van der Waals surface area contributed by atoms with Crippen molar-refractivity contribution in [1.29, 1.82) is 0 Å². The third-order valence-corrected chi connectivity index (χ3v) is 8.03. The van der Waals surface area contributed by atoms with Crippen LogP contribution in [0.2, 0.25) is 0 Å². The van der Waals surface area contributed by atoms with Gasteiger partial charge in [0.25, 0.3) is 0 Å². The summed E-state index contributed by atoms with van der Waals surface area (Å²) in [5.74, 6) is 0. The average molecular weight is 559 g/mol. The summed E-state index contributed by atoms with van der Waals surface area (Å²) in [5.41, 5.74) is 3.25. The van der Waals surface area contributed by atoms with Crippen molar-refractivity contribution in [2.75, 3.05) is 0 Å². The number of furan rings is 1. The minimum atomic E-state index is -0.532. The lowest BCUT2D eigenvalue weighted by molar-refractivity contribution is 0.669. The van der Waals surface area contributed by atoms with Crippen molar-refractivity contribution in [1.82, 2.24) is 0 Å². The predicted octanol–water partition coefficient (Wildman–Crippen LogP) is 12.0. The molecule has 0 aliphatic heterocycles. The molecule has 1 heterocycles. The maximum atomic E-state index is 9.22. The van der Waals surface area contributed by atoms with E-state index in [1.54, 1.807) is 6.07 Å². The minimum Gasteiger partial charge on any atom is -0.456 e. The molecule has 8 aromatic carbocycles. The Morgan fingerprint density at radius 1 is 0.419 bits per heavy atom. The topological polar surface area (TPSA) is 13.1 Å². The normalized spacial score (nSPS) is 15.6. The third-order valence-electron chi connectivity index (χ3n) is 8.03. The molecular weight excluding hydrogens is 520 g/mol. The summed E-state index contributed by atoms with van der Waals surface area (Å²) in [6, 6.07) is 20.4. The van der Waals surface area contributed by atoms with E-state index in [2.05, 4.69) is 0 Å². The van der Waals surface area contributed by atoms with Gasteiger partial charge in [-0.25, -0.2) is 0 Å². The monoisotopic (exact) mass is 558 g/mol. The van der Waals surface area contributed by atoms with Gasteiger partial charge in [0, 0.05) is 10.8 Å². The summed E-state index contributed by atoms with van der Waals surface area (Å²) in [6.07, 6.45) is 0. The van der Waals surface area contributed by atoms with Crippen LogP contribution in [0, 0.1) is 0 Å². The number of hydrogen-bond acceptors (Lipinski definition) is 1. The molecule has 0 atom stereocenters. The van der Waals surface area contributed by atoms with Crippen LogP contribution in [0.25, 0.3) is 87.6 Å². The Morgan fingerprint density at radius 3 is 1.77 bits per heavy atom. The summed E-state index contributed by atoms with van der Waals surface area (Å²) < 4.78 is 111. The van der Waals surface area contributed by atoms with Crippen molar-refractivity contribution in [3.63, 3.8) is 0 Å². The highest BCUT2D eigenvalue weighted by Crippen LogP contribution is 2.47. The molecule has 0 amide bonds. The highest BCUT2D eigenvalue weighted by atomic mass is 16.3. The molecule has 0 fully saturated rings. The number of benzene rings is 8. The lowest BCUT2D eigenvalue weighted by Crippen LogP contribution is -1.92. The second-order valence-electron chi connectivity index (χ2n) is 10.3. The third kappa shape index (κ3) is 3.65. The SMILES string of the molecule is [2H]c1c([2H])c([2H])c(-c2cc(-c3c4ccccc4c(-c4c([2H])c([2H])c([2H])c5c([2H])c([2H])c([2H])c([2H])c45)c4ccccc34)cc3oc4ccccc4c23)c([2H])c1[2H]. The molecule has 0 bridgehead atoms. The molecule has 1 nitrogen and oxygen atoms in total. The van der Waals surface area contributed by atoms with Gasteiger partial charge in [0.1, 0.15) is 11.2 Å². The second-order valence-corrected chi connectivity index (χ2v) is 10.3. The van der Waals surface area contributed by atoms with Crippen LogP contribution >= 0.6 is 0 Å². The molecule has 0 saturated carbocycles. The van der Waals surface area contributed by atoms with E-state index < -0.39 is 54.4 Å². The van der Waals surface area contributed by atoms with Gasteiger partial charge in [-0.05, 0) is 83.9 Å².